The second-order valence-corrected chi connectivity index (χ2v) is 3.41. The van der Waals surface area contributed by atoms with E-state index in [1.165, 1.54) is 0 Å². The molecule has 0 bridgehead atoms. The van der Waals surface area contributed by atoms with Gasteiger partial charge in [-0.25, -0.2) is 0 Å². The zero-order valence-electron chi connectivity index (χ0n) is 9.10. The van der Waals surface area contributed by atoms with E-state index in [0.717, 1.165) is 5.56 Å². The van der Waals surface area contributed by atoms with Gasteiger partial charge in [-0.1, -0.05) is 30.3 Å². The Kier molecular flexibility index (Phi) is 4.41. The Bertz CT molecular complexity index is 331. The molecule has 0 fully saturated rings. The number of nitrogens with one attached hydrogen (secondary N) is 1. The molecule has 0 radical (unpaired) electrons. The molecule has 0 saturated heterocycles. The summed E-state index contributed by atoms with van der Waals surface area (Å²) in [5.74, 6) is 0.0627. The summed E-state index contributed by atoms with van der Waals surface area (Å²) in [5.41, 5.74) is 1.11. The lowest BCUT2D eigenvalue weighted by atomic mass is 10.2. The number of hydrogen-bond acceptors (Lipinski definition) is 2. The van der Waals surface area contributed by atoms with Crippen LogP contribution in [0.1, 0.15) is 5.56 Å². The van der Waals surface area contributed by atoms with Crippen LogP contribution in [0.5, 0.6) is 0 Å². The summed E-state index contributed by atoms with van der Waals surface area (Å²) >= 11 is 0. The van der Waals surface area contributed by atoms with Crippen molar-refractivity contribution < 1.29 is 4.79 Å². The summed E-state index contributed by atoms with van der Waals surface area (Å²) < 4.78 is 0. The van der Waals surface area contributed by atoms with Gasteiger partial charge >= 0.3 is 0 Å². The van der Waals surface area contributed by atoms with Gasteiger partial charge in [0, 0.05) is 14.1 Å². The van der Waals surface area contributed by atoms with Gasteiger partial charge in [0.1, 0.15) is 0 Å². The highest BCUT2D eigenvalue weighted by Gasteiger charge is 1.99. The van der Waals surface area contributed by atoms with Gasteiger partial charge in [0.25, 0.3) is 0 Å². The number of benzene rings is 1. The van der Waals surface area contributed by atoms with Crippen molar-refractivity contribution >= 4 is 12.0 Å². The molecule has 1 aromatic carbocycles. The Morgan fingerprint density at radius 2 is 2.00 bits per heavy atom. The predicted octanol–water partition coefficient (Wildman–Crippen LogP) is 1.34. The third-order valence-electron chi connectivity index (χ3n) is 1.95. The molecule has 0 aliphatic carbocycles. The summed E-state index contributed by atoms with van der Waals surface area (Å²) in [7, 11) is 3.48. The van der Waals surface area contributed by atoms with Gasteiger partial charge in [0.15, 0.2) is 0 Å². The van der Waals surface area contributed by atoms with Crippen molar-refractivity contribution in [3.05, 3.63) is 42.1 Å². The molecule has 1 rings (SSSR count). The average molecular weight is 204 g/mol. The second-order valence-electron chi connectivity index (χ2n) is 3.41. The molecule has 0 atom stereocenters. The minimum Gasteiger partial charge on any atom is -0.382 e. The van der Waals surface area contributed by atoms with E-state index in [2.05, 4.69) is 5.32 Å². The smallest absolute Gasteiger partial charge is 0.241 e. The lowest BCUT2D eigenvalue weighted by Gasteiger charge is -2.09. The van der Waals surface area contributed by atoms with E-state index in [4.69, 9.17) is 0 Å². The van der Waals surface area contributed by atoms with Crippen molar-refractivity contribution in [1.82, 2.24) is 10.2 Å². The van der Waals surface area contributed by atoms with E-state index in [0.29, 0.717) is 6.54 Å². The summed E-state index contributed by atoms with van der Waals surface area (Å²) in [6, 6.07) is 9.94. The van der Waals surface area contributed by atoms with Crippen molar-refractivity contribution in [3.8, 4) is 0 Å². The largest absolute Gasteiger partial charge is 0.382 e. The molecule has 15 heavy (non-hydrogen) atoms. The molecule has 3 heteroatoms. The van der Waals surface area contributed by atoms with E-state index in [9.17, 15) is 4.79 Å². The van der Waals surface area contributed by atoms with Crippen molar-refractivity contribution in [2.75, 3.05) is 20.6 Å². The van der Waals surface area contributed by atoms with Crippen molar-refractivity contribution in [2.24, 2.45) is 0 Å². The molecule has 80 valence electrons. The van der Waals surface area contributed by atoms with E-state index in [-0.39, 0.29) is 5.91 Å². The van der Waals surface area contributed by atoms with Crippen LogP contribution in [0.15, 0.2) is 36.5 Å². The van der Waals surface area contributed by atoms with Crippen molar-refractivity contribution in [2.45, 2.75) is 0 Å². The SMILES string of the molecule is CN(C)C(=O)CNC=Cc1ccccc1. The van der Waals surface area contributed by atoms with Gasteiger partial charge < -0.3 is 10.2 Å². The van der Waals surface area contributed by atoms with Crippen LogP contribution in [0.3, 0.4) is 0 Å². The number of likely N-dealkylation sites (N-methyl/N-ethyl adjacent to an activating group) is 1. The zero-order chi connectivity index (χ0) is 11.1. The van der Waals surface area contributed by atoms with Crippen LogP contribution in [0, 0.1) is 0 Å². The fourth-order valence-corrected chi connectivity index (χ4v) is 1.02. The number of carbonyl (C=O) groups excluding carboxylic acids is 1. The molecule has 0 aliphatic rings. The minimum absolute atomic E-state index is 0.0627. The van der Waals surface area contributed by atoms with Crippen molar-refractivity contribution in [3.63, 3.8) is 0 Å². The quantitative estimate of drug-likeness (QED) is 0.802. The first-order valence-electron chi connectivity index (χ1n) is 4.85. The number of nitrogens with zero attached hydrogens (tertiary/aromatic N) is 1. The van der Waals surface area contributed by atoms with Crippen LogP contribution >= 0.6 is 0 Å². The van der Waals surface area contributed by atoms with Gasteiger partial charge in [0.2, 0.25) is 5.91 Å². The summed E-state index contributed by atoms with van der Waals surface area (Å²) in [5, 5.41) is 2.94. The number of hydrogen-bond donors (Lipinski definition) is 1. The standard InChI is InChI=1S/C12H16N2O/c1-14(2)12(15)10-13-9-8-11-6-4-3-5-7-11/h3-9,13H,10H2,1-2H3. The highest BCUT2D eigenvalue weighted by Crippen LogP contribution is 1.99. The molecular formula is C12H16N2O. The fourth-order valence-electron chi connectivity index (χ4n) is 1.02. The van der Waals surface area contributed by atoms with Crippen LogP contribution in [-0.4, -0.2) is 31.4 Å². The Balaban J connectivity index is 2.32. The third-order valence-corrected chi connectivity index (χ3v) is 1.95. The average Bonchev–Trinajstić information content (AvgIpc) is 2.25. The number of amides is 1. The maximum absolute atomic E-state index is 11.2. The highest BCUT2D eigenvalue weighted by atomic mass is 16.2. The molecule has 0 unspecified atom stereocenters. The lowest BCUT2D eigenvalue weighted by molar-refractivity contribution is -0.127. The summed E-state index contributed by atoms with van der Waals surface area (Å²) in [6.07, 6.45) is 3.72. The van der Waals surface area contributed by atoms with Crippen LogP contribution in [0.25, 0.3) is 6.08 Å². The predicted molar refractivity (Wildman–Crippen MR) is 62.2 cm³/mol. The topological polar surface area (TPSA) is 32.3 Å². The number of rotatable bonds is 4. The van der Waals surface area contributed by atoms with Crippen LogP contribution in [0.2, 0.25) is 0 Å². The molecule has 0 heterocycles. The summed E-state index contributed by atoms with van der Waals surface area (Å²) in [4.78, 5) is 12.7. The molecule has 0 saturated carbocycles. The maximum atomic E-state index is 11.2. The molecule has 0 aliphatic heterocycles. The number of carbonyl (C=O) groups is 1. The molecular weight excluding hydrogens is 188 g/mol. The van der Waals surface area contributed by atoms with E-state index >= 15 is 0 Å². The molecule has 3 nitrogen and oxygen atoms in total. The van der Waals surface area contributed by atoms with Gasteiger partial charge in [0.05, 0.1) is 6.54 Å². The van der Waals surface area contributed by atoms with Crippen LogP contribution < -0.4 is 5.32 Å². The Hall–Kier alpha value is -1.77. The van der Waals surface area contributed by atoms with Gasteiger partial charge in [-0.2, -0.15) is 0 Å². The first kappa shape index (κ1) is 11.3. The molecule has 1 N–H and O–H groups in total. The van der Waals surface area contributed by atoms with Crippen LogP contribution in [-0.2, 0) is 4.79 Å². The first-order valence-corrected chi connectivity index (χ1v) is 4.85. The summed E-state index contributed by atoms with van der Waals surface area (Å²) in [6.45, 7) is 0.330. The van der Waals surface area contributed by atoms with Crippen molar-refractivity contribution in [1.29, 1.82) is 0 Å². The Morgan fingerprint density at radius 1 is 1.33 bits per heavy atom. The molecule has 0 spiro atoms. The first-order chi connectivity index (χ1) is 7.20. The molecule has 1 amide bonds. The highest BCUT2D eigenvalue weighted by molar-refractivity contribution is 5.77. The second kappa shape index (κ2) is 5.86. The van der Waals surface area contributed by atoms with Gasteiger partial charge in [-0.05, 0) is 17.8 Å². The molecule has 1 aromatic rings. The van der Waals surface area contributed by atoms with E-state index < -0.39 is 0 Å². The lowest BCUT2D eigenvalue weighted by Crippen LogP contribution is -2.30. The van der Waals surface area contributed by atoms with E-state index in [1.807, 2.05) is 36.4 Å². The minimum atomic E-state index is 0.0627. The fraction of sp³-hybridized carbons (Fsp3) is 0.250. The van der Waals surface area contributed by atoms with E-state index in [1.54, 1.807) is 25.2 Å². The van der Waals surface area contributed by atoms with Gasteiger partial charge in [-0.3, -0.25) is 4.79 Å². The molecule has 0 aromatic heterocycles. The monoisotopic (exact) mass is 204 g/mol. The Labute approximate surface area is 90.4 Å². The van der Waals surface area contributed by atoms with Gasteiger partial charge in [-0.15, -0.1) is 0 Å². The Morgan fingerprint density at radius 3 is 2.60 bits per heavy atom. The normalized spacial score (nSPS) is 10.3. The maximum Gasteiger partial charge on any atom is 0.241 e. The third kappa shape index (κ3) is 4.31. The zero-order valence-corrected chi connectivity index (χ0v) is 9.10. The van der Waals surface area contributed by atoms with Crippen LogP contribution in [0.4, 0.5) is 0 Å².